The molecule has 1 aliphatic rings. The number of rotatable bonds is 6. The van der Waals surface area contributed by atoms with E-state index in [2.05, 4.69) is 26.0 Å². The predicted octanol–water partition coefficient (Wildman–Crippen LogP) is 1.51. The van der Waals surface area contributed by atoms with Gasteiger partial charge in [0.25, 0.3) is 11.5 Å². The molecular formula is C20H25N7O3. The highest BCUT2D eigenvalue weighted by atomic mass is 16.3. The molecule has 1 aliphatic carbocycles. The fraction of sp³-hybridized carbons (Fsp3) is 0.400. The number of aliphatic hydroxyl groups is 1. The molecule has 0 bridgehead atoms. The number of carbonyl (C=O) groups excluding carboxylic acids is 1. The van der Waals surface area contributed by atoms with Crippen LogP contribution in [0, 0.1) is 0 Å². The van der Waals surface area contributed by atoms with Gasteiger partial charge in [-0.05, 0) is 38.8 Å². The van der Waals surface area contributed by atoms with Gasteiger partial charge in [-0.15, -0.1) is 0 Å². The second-order valence-corrected chi connectivity index (χ2v) is 7.65. The number of amides is 1. The number of hydrogen-bond donors (Lipinski definition) is 4. The molecule has 0 aromatic carbocycles. The number of carbonyl (C=O) groups is 1. The molecule has 1 amide bonds. The first-order valence-electron chi connectivity index (χ1n) is 9.92. The molecule has 0 saturated heterocycles. The summed E-state index contributed by atoms with van der Waals surface area (Å²) in [6.07, 6.45) is 4.09. The first-order chi connectivity index (χ1) is 14.4. The van der Waals surface area contributed by atoms with Gasteiger partial charge >= 0.3 is 0 Å². The number of nitrogens with zero attached hydrogens (tertiary/aromatic N) is 4. The Morgan fingerprint density at radius 2 is 2.13 bits per heavy atom. The quantitative estimate of drug-likeness (QED) is 0.484. The fourth-order valence-electron chi connectivity index (χ4n) is 3.41. The van der Waals surface area contributed by atoms with Crippen molar-refractivity contribution >= 4 is 28.9 Å². The van der Waals surface area contributed by atoms with E-state index in [9.17, 15) is 14.7 Å². The topological polar surface area (TPSA) is 126 Å². The van der Waals surface area contributed by atoms with Crippen molar-refractivity contribution in [1.82, 2.24) is 24.5 Å². The molecule has 3 aromatic heterocycles. The maximum Gasteiger partial charge on any atom is 0.274 e. The van der Waals surface area contributed by atoms with Crippen LogP contribution in [0.5, 0.6) is 0 Å². The largest absolute Gasteiger partial charge is 0.391 e. The number of nitrogens with one attached hydrogen (secondary N) is 3. The van der Waals surface area contributed by atoms with Gasteiger partial charge in [0.05, 0.1) is 18.3 Å². The van der Waals surface area contributed by atoms with E-state index >= 15 is 0 Å². The number of anilines is 3. The fourth-order valence-corrected chi connectivity index (χ4v) is 3.41. The molecule has 4 N–H and O–H groups in total. The summed E-state index contributed by atoms with van der Waals surface area (Å²) in [5.41, 5.74) is 0.858. The third-order valence-corrected chi connectivity index (χ3v) is 5.32. The van der Waals surface area contributed by atoms with E-state index in [1.165, 1.54) is 10.7 Å². The molecule has 4 rings (SSSR count). The zero-order valence-electron chi connectivity index (χ0n) is 17.1. The first kappa shape index (κ1) is 19.9. The maximum atomic E-state index is 12.7. The Bertz CT molecular complexity index is 1150. The lowest BCUT2D eigenvalue weighted by molar-refractivity contribution is 0.0448. The monoisotopic (exact) mass is 411 g/mol. The van der Waals surface area contributed by atoms with Crippen LogP contribution in [0.3, 0.4) is 0 Å². The van der Waals surface area contributed by atoms with Crippen molar-refractivity contribution < 1.29 is 9.90 Å². The molecule has 30 heavy (non-hydrogen) atoms. The maximum absolute atomic E-state index is 12.7. The Morgan fingerprint density at radius 3 is 2.77 bits per heavy atom. The molecule has 0 aliphatic heterocycles. The van der Waals surface area contributed by atoms with Crippen LogP contribution in [-0.2, 0) is 0 Å². The normalized spacial score (nSPS) is 18.3. The number of fused-ring (bicyclic) bond motifs is 1. The highest BCUT2D eigenvalue weighted by Crippen LogP contribution is 2.23. The van der Waals surface area contributed by atoms with E-state index in [0.29, 0.717) is 35.0 Å². The van der Waals surface area contributed by atoms with Crippen LogP contribution in [0.15, 0.2) is 35.4 Å². The minimum atomic E-state index is -0.518. The van der Waals surface area contributed by atoms with E-state index in [-0.39, 0.29) is 23.6 Å². The Morgan fingerprint density at radius 1 is 1.33 bits per heavy atom. The van der Waals surface area contributed by atoms with Gasteiger partial charge in [-0.25, -0.2) is 4.98 Å². The Balaban J connectivity index is 1.70. The molecule has 0 spiro atoms. The van der Waals surface area contributed by atoms with Gasteiger partial charge in [0.2, 0.25) is 0 Å². The molecule has 1 fully saturated rings. The summed E-state index contributed by atoms with van der Waals surface area (Å²) in [6, 6.07) is 4.96. The molecule has 0 unspecified atom stereocenters. The summed E-state index contributed by atoms with van der Waals surface area (Å²) >= 11 is 0. The molecule has 3 heterocycles. The van der Waals surface area contributed by atoms with Crippen LogP contribution >= 0.6 is 0 Å². The number of pyridine rings is 1. The van der Waals surface area contributed by atoms with Gasteiger partial charge in [0, 0.05) is 25.4 Å². The summed E-state index contributed by atoms with van der Waals surface area (Å²) < 4.78 is 3.15. The van der Waals surface area contributed by atoms with Crippen LogP contribution in [0.4, 0.5) is 17.3 Å². The van der Waals surface area contributed by atoms with Crippen molar-refractivity contribution in [1.29, 1.82) is 0 Å². The van der Waals surface area contributed by atoms with Crippen molar-refractivity contribution in [2.75, 3.05) is 17.7 Å². The second kappa shape index (κ2) is 7.79. The van der Waals surface area contributed by atoms with Crippen molar-refractivity contribution in [2.24, 2.45) is 0 Å². The molecule has 3 aromatic rings. The van der Waals surface area contributed by atoms with Gasteiger partial charge in [-0.3, -0.25) is 9.59 Å². The van der Waals surface area contributed by atoms with Gasteiger partial charge in [-0.1, -0.05) is 0 Å². The molecule has 0 radical (unpaired) electrons. The van der Waals surface area contributed by atoms with Gasteiger partial charge in [-0.2, -0.15) is 9.61 Å². The molecular weight excluding hydrogens is 386 g/mol. The van der Waals surface area contributed by atoms with Gasteiger partial charge in [0.1, 0.15) is 22.9 Å². The van der Waals surface area contributed by atoms with Crippen LogP contribution in [0.1, 0.15) is 43.1 Å². The Kier molecular flexibility index (Phi) is 5.17. The molecule has 158 valence electrons. The molecule has 10 heteroatoms. The minimum Gasteiger partial charge on any atom is -0.391 e. The highest BCUT2D eigenvalue weighted by molar-refractivity contribution is 6.00. The van der Waals surface area contributed by atoms with E-state index < -0.39 is 6.10 Å². The van der Waals surface area contributed by atoms with Gasteiger partial charge in [0.15, 0.2) is 5.65 Å². The number of aromatic nitrogens is 4. The molecule has 10 nitrogen and oxygen atoms in total. The SMILES string of the molecule is CNc1cc(Nc2cccn(C(C)C)c2=O)nc2c(C(=O)N[C@H]3CC[C@H]3O)cnn12. The molecule has 2 atom stereocenters. The highest BCUT2D eigenvalue weighted by Gasteiger charge is 2.31. The van der Waals surface area contributed by atoms with Crippen LogP contribution in [0.2, 0.25) is 0 Å². The number of aliphatic hydroxyl groups excluding tert-OH is 1. The van der Waals surface area contributed by atoms with E-state index in [4.69, 9.17) is 0 Å². The average Bonchev–Trinajstić information content (AvgIpc) is 3.15. The zero-order valence-corrected chi connectivity index (χ0v) is 17.1. The first-order valence-corrected chi connectivity index (χ1v) is 9.92. The van der Waals surface area contributed by atoms with E-state index in [1.54, 1.807) is 36.0 Å². The summed E-state index contributed by atoms with van der Waals surface area (Å²) in [4.78, 5) is 29.9. The summed E-state index contributed by atoms with van der Waals surface area (Å²) in [7, 11) is 1.74. The lowest BCUT2D eigenvalue weighted by Crippen LogP contribution is -2.50. The van der Waals surface area contributed by atoms with E-state index in [1.807, 2.05) is 13.8 Å². The van der Waals surface area contributed by atoms with Crippen molar-refractivity contribution in [3.05, 3.63) is 46.5 Å². The average molecular weight is 411 g/mol. The van der Waals surface area contributed by atoms with Crippen LogP contribution in [0.25, 0.3) is 5.65 Å². The molecule has 1 saturated carbocycles. The van der Waals surface area contributed by atoms with Crippen LogP contribution < -0.4 is 21.5 Å². The predicted molar refractivity (Wildman–Crippen MR) is 113 cm³/mol. The Labute approximate surface area is 172 Å². The smallest absolute Gasteiger partial charge is 0.274 e. The van der Waals surface area contributed by atoms with Crippen LogP contribution in [-0.4, -0.2) is 49.4 Å². The third kappa shape index (κ3) is 3.50. The summed E-state index contributed by atoms with van der Waals surface area (Å²) in [5, 5.41) is 22.9. The Hall–Kier alpha value is -3.40. The summed E-state index contributed by atoms with van der Waals surface area (Å²) in [6.45, 7) is 3.87. The van der Waals surface area contributed by atoms with E-state index in [0.717, 1.165) is 6.42 Å². The third-order valence-electron chi connectivity index (χ3n) is 5.32. The van der Waals surface area contributed by atoms with Crippen molar-refractivity contribution in [3.63, 3.8) is 0 Å². The lowest BCUT2D eigenvalue weighted by Gasteiger charge is -2.32. The van der Waals surface area contributed by atoms with Crippen molar-refractivity contribution in [2.45, 2.75) is 44.9 Å². The van der Waals surface area contributed by atoms with Crippen molar-refractivity contribution in [3.8, 4) is 0 Å². The van der Waals surface area contributed by atoms with Gasteiger partial charge < -0.3 is 25.6 Å². The minimum absolute atomic E-state index is 0.0227. The number of hydrogen-bond acceptors (Lipinski definition) is 7. The standard InChI is InChI=1S/C20H25N7O3/c1-11(2)26-8-4-5-14(20(26)30)23-16-9-17(21-3)27-18(25-16)12(10-22-27)19(29)24-13-6-7-15(13)28/h4-5,8-11,13,15,21,28H,6-7H2,1-3H3,(H,23,25)(H,24,29)/t13-,15+/m0/s1. The zero-order chi connectivity index (χ0) is 21.4. The second-order valence-electron chi connectivity index (χ2n) is 7.65. The lowest BCUT2D eigenvalue weighted by atomic mass is 9.89. The summed E-state index contributed by atoms with van der Waals surface area (Å²) in [5.74, 6) is 0.663.